The van der Waals surface area contributed by atoms with Crippen LogP contribution in [0.15, 0.2) is 91.1 Å². The Morgan fingerprint density at radius 2 is 1.67 bits per heavy atom. The summed E-state index contributed by atoms with van der Waals surface area (Å²) in [6.07, 6.45) is 13.1. The summed E-state index contributed by atoms with van der Waals surface area (Å²) in [6, 6.07) is 23.2. The monoisotopic (exact) mass is 1290 g/mol. The average molecular weight is 1290 g/mol. The smallest absolute Gasteiger partial charge is 0.409 e. The number of benzene rings is 5. The zero-order valence-corrected chi connectivity index (χ0v) is 53.3. The Balaban J connectivity index is 0.626. The van der Waals surface area contributed by atoms with Crippen molar-refractivity contribution in [3.63, 3.8) is 0 Å². The lowest BCUT2D eigenvalue weighted by atomic mass is 9.63. The summed E-state index contributed by atoms with van der Waals surface area (Å²) in [6.45, 7) is 10.4. The molecule has 92 heavy (non-hydrogen) atoms. The van der Waals surface area contributed by atoms with E-state index in [4.69, 9.17) is 53.8 Å². The Bertz CT molecular complexity index is 4150. The molecular weight excluding hydrogens is 1220 g/mol. The van der Waals surface area contributed by atoms with Crippen molar-refractivity contribution < 1.29 is 42.5 Å². The molecule has 7 aromatic rings. The first-order chi connectivity index (χ1) is 44.3. The van der Waals surface area contributed by atoms with E-state index in [1.54, 1.807) is 64.5 Å². The molecule has 1 unspecified atom stereocenters. The second-order valence-electron chi connectivity index (χ2n) is 27.0. The minimum Gasteiger partial charge on any atom is -0.508 e. The van der Waals surface area contributed by atoms with Crippen LogP contribution in [0.1, 0.15) is 98.7 Å². The van der Waals surface area contributed by atoms with Gasteiger partial charge in [0.15, 0.2) is 5.82 Å². The Hall–Kier alpha value is -8.06. The van der Waals surface area contributed by atoms with Gasteiger partial charge in [-0.15, -0.1) is 6.42 Å². The van der Waals surface area contributed by atoms with Crippen molar-refractivity contribution in [2.24, 2.45) is 5.41 Å². The second kappa shape index (κ2) is 24.1. The highest BCUT2D eigenvalue weighted by Gasteiger charge is 2.62. The number of fused-ring (bicyclic) bond motifs is 7. The van der Waals surface area contributed by atoms with Gasteiger partial charge in [-0.2, -0.15) is 9.97 Å². The third-order valence-corrected chi connectivity index (χ3v) is 20.9. The molecule has 5 N–H and O–H groups in total. The zero-order chi connectivity index (χ0) is 64.0. The number of methoxy groups -OCH3 is 1. The fraction of sp³-hybridized carbons (Fsp3) is 0.429. The Morgan fingerprint density at radius 3 is 2.45 bits per heavy atom. The van der Waals surface area contributed by atoms with Gasteiger partial charge in [0.05, 0.1) is 34.8 Å². The number of anilines is 3. The number of aromatic nitrogens is 3. The number of carbonyl (C=O) groups is 3. The molecule has 18 nitrogen and oxygen atoms in total. The van der Waals surface area contributed by atoms with Crippen molar-refractivity contribution in [3.05, 3.63) is 135 Å². The Morgan fingerprint density at radius 1 is 0.891 bits per heavy atom. The van der Waals surface area contributed by atoms with Crippen molar-refractivity contribution in [1.29, 1.82) is 0 Å². The quantitative estimate of drug-likeness (QED) is 0.0683. The molecule has 0 saturated carbocycles. The maximum absolute atomic E-state index is 17.4. The number of halogens is 4. The number of pyridine rings is 1. The first-order valence-corrected chi connectivity index (χ1v) is 32.5. The van der Waals surface area contributed by atoms with E-state index in [1.165, 1.54) is 19.2 Å². The van der Waals surface area contributed by atoms with E-state index in [2.05, 4.69) is 62.7 Å². The van der Waals surface area contributed by atoms with Crippen LogP contribution in [0.2, 0.25) is 10.0 Å². The molecule has 2 bridgehead atoms. The number of hydrogen-bond acceptors (Lipinski definition) is 15. The Kier molecular flexibility index (Phi) is 16.1. The van der Waals surface area contributed by atoms with Crippen LogP contribution in [-0.4, -0.2) is 161 Å². The summed E-state index contributed by atoms with van der Waals surface area (Å²) in [5.41, 5.74) is 2.32. The van der Waals surface area contributed by atoms with E-state index in [0.29, 0.717) is 81.0 Å². The van der Waals surface area contributed by atoms with Gasteiger partial charge in [0, 0.05) is 120 Å². The number of amides is 3. The van der Waals surface area contributed by atoms with Gasteiger partial charge in [-0.1, -0.05) is 80.2 Å². The molecular formula is C70H73Cl2F2N11O7. The lowest BCUT2D eigenvalue weighted by Crippen LogP contribution is -2.52. The number of ether oxygens (including phenoxy) is 3. The van der Waals surface area contributed by atoms with Crippen LogP contribution in [0.25, 0.3) is 32.9 Å². The van der Waals surface area contributed by atoms with E-state index < -0.39 is 41.0 Å². The lowest BCUT2D eigenvalue weighted by molar-refractivity contribution is -0.118. The third kappa shape index (κ3) is 11.0. The van der Waals surface area contributed by atoms with Crippen LogP contribution >= 0.6 is 23.2 Å². The van der Waals surface area contributed by atoms with Gasteiger partial charge in [0.25, 0.3) is 5.91 Å². The summed E-state index contributed by atoms with van der Waals surface area (Å²) < 4.78 is 52.3. The number of terminal acetylenes is 1. The molecule has 8 atom stereocenters. The van der Waals surface area contributed by atoms with Crippen LogP contribution in [-0.2, 0) is 14.9 Å². The summed E-state index contributed by atoms with van der Waals surface area (Å²) in [4.78, 5) is 65.2. The zero-order valence-electron chi connectivity index (χ0n) is 51.8. The van der Waals surface area contributed by atoms with E-state index in [9.17, 15) is 19.5 Å². The normalized spacial score (nSPS) is 25.1. The topological polar surface area (TPSA) is 199 Å². The summed E-state index contributed by atoms with van der Waals surface area (Å²) in [7, 11) is 1.47. The largest absolute Gasteiger partial charge is 0.508 e. The predicted octanol–water partition coefficient (Wildman–Crippen LogP) is 10.9. The summed E-state index contributed by atoms with van der Waals surface area (Å²) >= 11 is 13.0. The van der Waals surface area contributed by atoms with Crippen LogP contribution in [0.5, 0.6) is 17.5 Å². The molecule has 2 aromatic heterocycles. The number of nitrogens with one attached hydrogen (secondary N) is 4. The first kappa shape index (κ1) is 61.4. The van der Waals surface area contributed by atoms with Gasteiger partial charge < -0.3 is 55.3 Å². The number of aromatic hydroxyl groups is 1. The molecule has 0 aliphatic carbocycles. The molecule has 14 rings (SSSR count). The van der Waals surface area contributed by atoms with Gasteiger partial charge in [0.2, 0.25) is 5.91 Å². The molecule has 5 aromatic carbocycles. The average Bonchev–Trinajstić information content (AvgIpc) is 1.54. The number of carbonyl (C=O) groups excluding carboxylic acids is 3. The highest BCUT2D eigenvalue weighted by Crippen LogP contribution is 2.57. The van der Waals surface area contributed by atoms with E-state index in [0.717, 1.165) is 56.3 Å². The second-order valence-corrected chi connectivity index (χ2v) is 27.9. The minimum absolute atomic E-state index is 0.00213. The third-order valence-electron chi connectivity index (χ3n) is 20.3. The van der Waals surface area contributed by atoms with Crippen LogP contribution in [0.4, 0.5) is 30.8 Å². The maximum Gasteiger partial charge on any atom is 0.409 e. The molecule has 478 valence electrons. The number of phenolic OH excluding ortho intramolecular Hbond substituents is 1. The van der Waals surface area contributed by atoms with Crippen molar-refractivity contribution in [2.75, 3.05) is 88.2 Å². The molecule has 6 fully saturated rings. The molecule has 3 amide bonds. The van der Waals surface area contributed by atoms with Crippen molar-refractivity contribution in [2.45, 2.75) is 113 Å². The number of hydrogen-bond donors (Lipinski definition) is 5. The number of piperazine rings is 2. The highest BCUT2D eigenvalue weighted by molar-refractivity contribution is 6.31. The highest BCUT2D eigenvalue weighted by atomic mass is 35.5. The molecule has 9 heterocycles. The van der Waals surface area contributed by atoms with Gasteiger partial charge in [-0.3, -0.25) is 19.5 Å². The number of nitrogens with zero attached hydrogens (tertiary/aromatic N) is 7. The molecule has 7 aliphatic heterocycles. The lowest BCUT2D eigenvalue weighted by Gasteiger charge is -2.39. The molecule has 7 aliphatic rings. The maximum atomic E-state index is 17.4. The van der Waals surface area contributed by atoms with Crippen LogP contribution < -0.4 is 35.6 Å². The van der Waals surface area contributed by atoms with Crippen LogP contribution in [0, 0.1) is 29.4 Å². The van der Waals surface area contributed by atoms with E-state index in [1.807, 2.05) is 24.3 Å². The van der Waals surface area contributed by atoms with Gasteiger partial charge in [0.1, 0.15) is 47.6 Å². The fourth-order valence-corrected chi connectivity index (χ4v) is 16.5. The molecule has 6 saturated heterocycles. The van der Waals surface area contributed by atoms with Crippen molar-refractivity contribution in [3.8, 4) is 41.1 Å². The molecule has 1 spiro atoms. The van der Waals surface area contributed by atoms with Gasteiger partial charge in [-0.05, 0) is 128 Å². The Labute approximate surface area is 542 Å². The summed E-state index contributed by atoms with van der Waals surface area (Å²) in [5.74, 6) is 0.798. The summed E-state index contributed by atoms with van der Waals surface area (Å²) in [5, 5.41) is 27.0. The minimum atomic E-state index is -0.932. The number of phenols is 1. The fourth-order valence-electron chi connectivity index (χ4n) is 16.1. The van der Waals surface area contributed by atoms with E-state index in [-0.39, 0.29) is 114 Å². The van der Waals surface area contributed by atoms with Crippen LogP contribution in [0.3, 0.4) is 0 Å². The van der Waals surface area contributed by atoms with Gasteiger partial charge >= 0.3 is 12.1 Å². The predicted molar refractivity (Wildman–Crippen MR) is 350 cm³/mol. The van der Waals surface area contributed by atoms with Crippen molar-refractivity contribution in [1.82, 2.24) is 40.3 Å². The standard InChI is InChI=1S/C70H73Cl2F2N11O7/c1-6-39-10-7-11-40-28-46(86)31-48(56(39)40)60-59(74)61-49(33-75-60)63(84-34-43-16-17-44(35-84)77-43)81-66(80-61)92-38-69-21-9-23-85(69)45(20-22-69)36-91-67(89)83-26-24-82(25-27-83)65(88)41-14-19-52(54(29-41)90-5)78-64(87)62-57(47-12-8-13-51(72)58(47)73)70(55(79-62)32-68(2,3)4)37-76-53-30-42(71)15-18-50(53)70/h1,7-8,10-15,18-19,28-31,33,43-45,55,57,62,76-77,79,86H,9,16-17,20-27,32,34-38H2,2-5H3,(H,78,87)/t43-,44+,45?,55-,57-,62+,69-,70-/m0/s1. The molecule has 22 heteroatoms. The first-order valence-electron chi connectivity index (χ1n) is 31.8. The van der Waals surface area contributed by atoms with Gasteiger partial charge in [-0.25, -0.2) is 13.6 Å². The van der Waals surface area contributed by atoms with Crippen molar-refractivity contribution >= 4 is 80.0 Å². The number of rotatable bonds is 13. The SMILES string of the molecule is C#Cc1cccc2cc(O)cc(-c3ncc4c(N5C[C@H]6CC[C@@H](C5)N6)nc(OC[C@@]56CCCN5C(COC(=O)N5CCN(C(=O)c7ccc(NC(=O)[C@@H]8N[C@@H](CC(C)(C)C)[C@@]9(CNc%10cc(Cl)ccc%109)[C@H]8c8cccc(Cl)c8F)c(OC)c7)CC5)CC6)nc4c3F)c12. The molecule has 0 radical (unpaired) electrons. The van der Waals surface area contributed by atoms with E-state index >= 15 is 8.78 Å².